The number of esters is 1. The highest BCUT2D eigenvalue weighted by molar-refractivity contribution is 6.30. The number of carbonyl (C=O) groups excluding carboxylic acids is 1. The average Bonchev–Trinajstić information content (AvgIpc) is 3.04. The molecular formula is C22H29ClF2NO3+. The normalized spacial score (nSPS) is 34.6. The summed E-state index contributed by atoms with van der Waals surface area (Å²) in [5, 5.41) is 11.9. The molecule has 1 aromatic carbocycles. The third-order valence-electron chi connectivity index (χ3n) is 7.65. The topological polar surface area (TPSA) is 46.5 Å². The van der Waals surface area contributed by atoms with E-state index in [1.54, 1.807) is 12.1 Å². The average molecular weight is 429 g/mol. The van der Waals surface area contributed by atoms with Crippen LogP contribution >= 0.6 is 11.6 Å². The Morgan fingerprint density at radius 1 is 1.17 bits per heavy atom. The summed E-state index contributed by atoms with van der Waals surface area (Å²) in [5.74, 6) is -4.57. The summed E-state index contributed by atoms with van der Waals surface area (Å²) < 4.78 is 34.6. The van der Waals surface area contributed by atoms with E-state index in [1.165, 1.54) is 12.1 Å². The summed E-state index contributed by atoms with van der Waals surface area (Å²) in [6.45, 7) is 0. The molecular weight excluding hydrogens is 400 g/mol. The Kier molecular flexibility index (Phi) is 5.20. The number of benzene rings is 1. The molecule has 29 heavy (non-hydrogen) atoms. The van der Waals surface area contributed by atoms with Gasteiger partial charge in [0, 0.05) is 49.5 Å². The van der Waals surface area contributed by atoms with Gasteiger partial charge in [-0.05, 0) is 24.1 Å². The van der Waals surface area contributed by atoms with E-state index in [0.29, 0.717) is 17.1 Å². The molecule has 1 unspecified atom stereocenters. The first-order valence-electron chi connectivity index (χ1n) is 10.4. The van der Waals surface area contributed by atoms with Crippen LogP contribution in [0.2, 0.25) is 5.02 Å². The largest absolute Gasteiger partial charge is 0.459 e. The summed E-state index contributed by atoms with van der Waals surface area (Å²) in [6.07, 6.45) is 2.61. The lowest BCUT2D eigenvalue weighted by molar-refractivity contribution is -0.931. The van der Waals surface area contributed by atoms with Crippen LogP contribution in [0.25, 0.3) is 0 Å². The van der Waals surface area contributed by atoms with Crippen molar-refractivity contribution in [3.63, 3.8) is 0 Å². The van der Waals surface area contributed by atoms with Crippen LogP contribution in [0.15, 0.2) is 24.3 Å². The van der Waals surface area contributed by atoms with E-state index in [4.69, 9.17) is 16.3 Å². The number of hydrogen-bond donors (Lipinski definition) is 1. The Balaban J connectivity index is 1.58. The van der Waals surface area contributed by atoms with Gasteiger partial charge < -0.3 is 14.3 Å². The van der Waals surface area contributed by atoms with Gasteiger partial charge in [-0.2, -0.15) is 0 Å². The molecule has 3 fully saturated rings. The highest BCUT2D eigenvalue weighted by atomic mass is 35.5. The molecule has 0 spiro atoms. The lowest BCUT2D eigenvalue weighted by Gasteiger charge is -2.44. The number of quaternary nitrogens is 1. The van der Waals surface area contributed by atoms with Crippen molar-refractivity contribution in [3.8, 4) is 0 Å². The van der Waals surface area contributed by atoms with Crippen molar-refractivity contribution >= 4 is 17.6 Å². The highest BCUT2D eigenvalue weighted by Gasteiger charge is 2.56. The molecule has 1 saturated carbocycles. The Hall–Kier alpha value is -1.24. The fourth-order valence-corrected chi connectivity index (χ4v) is 5.82. The van der Waals surface area contributed by atoms with Crippen LogP contribution in [0.4, 0.5) is 8.78 Å². The number of alkyl halides is 2. The Bertz CT molecular complexity index is 769. The minimum Gasteiger partial charge on any atom is -0.459 e. The maximum atomic E-state index is 13.9. The fourth-order valence-electron chi connectivity index (χ4n) is 5.70. The molecule has 0 radical (unpaired) electrons. The SMILES string of the molecule is C[N+]1(C)[C@@H]2CC[C@H]1CC(OC(=O)[C@](O)(c1ccc(Cl)cc1)[C@@H]1CCC(F)(F)C1)C2. The fraction of sp³-hybridized carbons (Fsp3) is 0.682. The number of ether oxygens (including phenoxy) is 1. The van der Waals surface area contributed by atoms with Gasteiger partial charge in [0.05, 0.1) is 26.2 Å². The second kappa shape index (κ2) is 7.17. The number of aliphatic hydroxyl groups is 1. The van der Waals surface area contributed by atoms with Crippen molar-refractivity contribution in [2.24, 2.45) is 5.92 Å². The molecule has 0 aromatic heterocycles. The molecule has 4 nitrogen and oxygen atoms in total. The van der Waals surface area contributed by atoms with Gasteiger partial charge in [0.25, 0.3) is 0 Å². The van der Waals surface area contributed by atoms with Gasteiger partial charge in [-0.1, -0.05) is 23.7 Å². The standard InChI is InChI=1S/C22H29ClF2NO3/c1-26(2)17-7-8-18(26)12-19(11-17)29-20(27)22(28,14-3-5-16(23)6-4-14)15-9-10-21(24,25)13-15/h3-6,15,17-19,28H,7-13H2,1-2H3/q+1/t15-,17-,18+,19?,22+/m1/s1. The Morgan fingerprint density at radius 2 is 1.76 bits per heavy atom. The van der Waals surface area contributed by atoms with Crippen molar-refractivity contribution in [1.29, 1.82) is 0 Å². The van der Waals surface area contributed by atoms with E-state index in [1.807, 2.05) is 0 Å². The molecule has 1 aliphatic carbocycles. The summed E-state index contributed by atoms with van der Waals surface area (Å²) in [5.41, 5.74) is -1.82. The number of nitrogens with zero attached hydrogens (tertiary/aromatic N) is 1. The van der Waals surface area contributed by atoms with Crippen LogP contribution in [0.1, 0.15) is 50.5 Å². The zero-order chi connectivity index (χ0) is 21.0. The molecule has 3 aliphatic rings. The van der Waals surface area contributed by atoms with Crippen molar-refractivity contribution in [2.75, 3.05) is 14.1 Å². The van der Waals surface area contributed by atoms with E-state index in [2.05, 4.69) is 14.1 Å². The number of piperidine rings is 1. The van der Waals surface area contributed by atoms with Crippen molar-refractivity contribution in [3.05, 3.63) is 34.9 Å². The van der Waals surface area contributed by atoms with E-state index < -0.39 is 29.8 Å². The van der Waals surface area contributed by atoms with Crippen LogP contribution in [0, 0.1) is 5.92 Å². The predicted molar refractivity (Wildman–Crippen MR) is 106 cm³/mol. The zero-order valence-electron chi connectivity index (χ0n) is 16.9. The van der Waals surface area contributed by atoms with Crippen LogP contribution in [0.3, 0.4) is 0 Å². The molecule has 5 atom stereocenters. The van der Waals surface area contributed by atoms with Crippen molar-refractivity contribution in [2.45, 2.75) is 74.7 Å². The summed E-state index contributed by atoms with van der Waals surface area (Å²) in [7, 11) is 4.43. The van der Waals surface area contributed by atoms with Gasteiger partial charge in [0.1, 0.15) is 6.10 Å². The lowest BCUT2D eigenvalue weighted by atomic mass is 9.80. The van der Waals surface area contributed by atoms with Crippen molar-refractivity contribution in [1.82, 2.24) is 0 Å². The number of rotatable bonds is 4. The third-order valence-corrected chi connectivity index (χ3v) is 7.90. The predicted octanol–water partition coefficient (Wildman–Crippen LogP) is 4.28. The smallest absolute Gasteiger partial charge is 0.343 e. The lowest BCUT2D eigenvalue weighted by Crippen LogP contribution is -2.57. The van der Waals surface area contributed by atoms with Crippen LogP contribution in [-0.4, -0.2) is 53.8 Å². The molecule has 7 heteroatoms. The molecule has 1 N–H and O–H groups in total. The monoisotopic (exact) mass is 428 g/mol. The van der Waals surface area contributed by atoms with E-state index >= 15 is 0 Å². The minimum absolute atomic E-state index is 0.0705. The van der Waals surface area contributed by atoms with E-state index in [-0.39, 0.29) is 24.5 Å². The van der Waals surface area contributed by atoms with Gasteiger partial charge >= 0.3 is 5.97 Å². The first-order chi connectivity index (χ1) is 13.5. The highest BCUT2D eigenvalue weighted by Crippen LogP contribution is 2.49. The van der Waals surface area contributed by atoms with Gasteiger partial charge in [-0.25, -0.2) is 13.6 Å². The summed E-state index contributed by atoms with van der Waals surface area (Å²) >= 11 is 5.95. The Labute approximate surface area is 175 Å². The molecule has 160 valence electrons. The molecule has 2 bridgehead atoms. The van der Waals surface area contributed by atoms with E-state index in [0.717, 1.165) is 30.2 Å². The molecule has 1 aromatic rings. The minimum atomic E-state index is -2.88. The van der Waals surface area contributed by atoms with E-state index in [9.17, 15) is 18.7 Å². The summed E-state index contributed by atoms with van der Waals surface area (Å²) in [6, 6.07) is 7.03. The molecule has 4 rings (SSSR count). The quantitative estimate of drug-likeness (QED) is 0.575. The van der Waals surface area contributed by atoms with Crippen LogP contribution < -0.4 is 0 Å². The van der Waals surface area contributed by atoms with Gasteiger partial charge in [-0.3, -0.25) is 0 Å². The first kappa shape index (κ1) is 21.0. The number of hydrogen-bond acceptors (Lipinski definition) is 3. The maximum absolute atomic E-state index is 13.9. The molecule has 2 heterocycles. The van der Waals surface area contributed by atoms with Crippen molar-refractivity contribution < 1.29 is 27.9 Å². The second-order valence-electron chi connectivity index (χ2n) is 9.58. The second-order valence-corrected chi connectivity index (χ2v) is 10.0. The zero-order valence-corrected chi connectivity index (χ0v) is 17.7. The number of halogens is 3. The summed E-state index contributed by atoms with van der Waals surface area (Å²) in [4.78, 5) is 13.3. The van der Waals surface area contributed by atoms with Crippen LogP contribution in [0.5, 0.6) is 0 Å². The molecule has 2 saturated heterocycles. The number of carbonyl (C=O) groups is 1. The van der Waals surface area contributed by atoms with Gasteiger partial charge in [-0.15, -0.1) is 0 Å². The molecule has 0 amide bonds. The first-order valence-corrected chi connectivity index (χ1v) is 10.8. The maximum Gasteiger partial charge on any atom is 0.343 e. The Morgan fingerprint density at radius 3 is 2.28 bits per heavy atom. The number of fused-ring (bicyclic) bond motifs is 2. The van der Waals surface area contributed by atoms with Crippen LogP contribution in [-0.2, 0) is 15.1 Å². The molecule has 2 aliphatic heterocycles. The third kappa shape index (κ3) is 3.68. The van der Waals surface area contributed by atoms with Gasteiger partial charge in [0.2, 0.25) is 5.92 Å². The van der Waals surface area contributed by atoms with Gasteiger partial charge in [0.15, 0.2) is 5.60 Å².